The Balaban J connectivity index is 2.17. The van der Waals surface area contributed by atoms with Crippen LogP contribution in [0.3, 0.4) is 0 Å². The van der Waals surface area contributed by atoms with E-state index < -0.39 is 17.7 Å². The summed E-state index contributed by atoms with van der Waals surface area (Å²) < 4.78 is 26.1. The number of hydrogen-bond donors (Lipinski definition) is 1. The molecule has 0 amide bonds. The molecule has 1 unspecified atom stereocenters. The molecule has 1 atom stereocenters. The van der Waals surface area contributed by atoms with Gasteiger partial charge in [-0.3, -0.25) is 0 Å². The quantitative estimate of drug-likeness (QED) is 0.874. The molecule has 2 aromatic rings. The summed E-state index contributed by atoms with van der Waals surface area (Å²) in [5.74, 6) is -1.16. The topological polar surface area (TPSA) is 26.0 Å². The summed E-state index contributed by atoms with van der Waals surface area (Å²) in [5, 5.41) is 1.95. The highest BCUT2D eigenvalue weighted by molar-refractivity contribution is 7.09. The van der Waals surface area contributed by atoms with Gasteiger partial charge in [-0.05, 0) is 17.5 Å². The van der Waals surface area contributed by atoms with E-state index in [4.69, 9.17) is 5.73 Å². The Morgan fingerprint density at radius 1 is 1.25 bits per heavy atom. The summed E-state index contributed by atoms with van der Waals surface area (Å²) >= 11 is 1.58. The fourth-order valence-corrected chi connectivity index (χ4v) is 2.32. The van der Waals surface area contributed by atoms with Gasteiger partial charge in [-0.15, -0.1) is 11.3 Å². The van der Waals surface area contributed by atoms with Crippen LogP contribution < -0.4 is 5.73 Å². The minimum absolute atomic E-state index is 0.356. The van der Waals surface area contributed by atoms with Crippen molar-refractivity contribution in [1.29, 1.82) is 0 Å². The first-order valence-electron chi connectivity index (χ1n) is 4.89. The molecule has 0 aliphatic heterocycles. The molecule has 2 N–H and O–H groups in total. The SMILES string of the molecule is NC(Cc1cccs1)c1ccc(F)cc1F. The molecule has 16 heavy (non-hydrogen) atoms. The Labute approximate surface area is 96.5 Å². The van der Waals surface area contributed by atoms with Crippen molar-refractivity contribution in [2.24, 2.45) is 5.73 Å². The zero-order chi connectivity index (χ0) is 11.5. The Hall–Kier alpha value is -1.26. The minimum Gasteiger partial charge on any atom is -0.324 e. The molecule has 0 bridgehead atoms. The van der Waals surface area contributed by atoms with Crippen LogP contribution in [-0.4, -0.2) is 0 Å². The van der Waals surface area contributed by atoms with E-state index in [0.29, 0.717) is 12.0 Å². The van der Waals surface area contributed by atoms with E-state index in [1.165, 1.54) is 12.1 Å². The van der Waals surface area contributed by atoms with Gasteiger partial charge in [0, 0.05) is 29.0 Å². The minimum atomic E-state index is -0.580. The number of hydrogen-bond acceptors (Lipinski definition) is 2. The highest BCUT2D eigenvalue weighted by Gasteiger charge is 2.13. The maximum atomic E-state index is 13.4. The largest absolute Gasteiger partial charge is 0.324 e. The lowest BCUT2D eigenvalue weighted by Crippen LogP contribution is -2.14. The molecule has 0 saturated heterocycles. The molecule has 0 aliphatic rings. The van der Waals surface area contributed by atoms with Crippen LogP contribution in [0.4, 0.5) is 8.78 Å². The van der Waals surface area contributed by atoms with Crippen LogP contribution in [-0.2, 0) is 6.42 Å². The summed E-state index contributed by atoms with van der Waals surface area (Å²) in [6.45, 7) is 0. The zero-order valence-corrected chi connectivity index (χ0v) is 9.31. The summed E-state index contributed by atoms with van der Waals surface area (Å²) in [6.07, 6.45) is 0.570. The molecule has 2 rings (SSSR count). The van der Waals surface area contributed by atoms with Gasteiger partial charge >= 0.3 is 0 Å². The molecule has 0 aliphatic carbocycles. The second-order valence-corrected chi connectivity index (χ2v) is 4.59. The van der Waals surface area contributed by atoms with Gasteiger partial charge in [-0.1, -0.05) is 12.1 Å². The van der Waals surface area contributed by atoms with Crippen molar-refractivity contribution in [3.05, 3.63) is 57.8 Å². The first-order valence-corrected chi connectivity index (χ1v) is 5.77. The number of nitrogens with two attached hydrogens (primary N) is 1. The maximum absolute atomic E-state index is 13.4. The van der Waals surface area contributed by atoms with Gasteiger partial charge in [0.2, 0.25) is 0 Å². The molecule has 0 saturated carbocycles. The summed E-state index contributed by atoms with van der Waals surface area (Å²) in [5.41, 5.74) is 6.24. The van der Waals surface area contributed by atoms with Crippen molar-refractivity contribution in [2.45, 2.75) is 12.5 Å². The molecule has 4 heteroatoms. The van der Waals surface area contributed by atoms with Gasteiger partial charge in [0.25, 0.3) is 0 Å². The first kappa shape index (κ1) is 11.2. The van der Waals surface area contributed by atoms with E-state index in [9.17, 15) is 8.78 Å². The molecule has 0 radical (unpaired) electrons. The Kier molecular flexibility index (Phi) is 3.31. The molecular formula is C12H11F2NS. The second kappa shape index (κ2) is 4.72. The van der Waals surface area contributed by atoms with Gasteiger partial charge in [-0.2, -0.15) is 0 Å². The van der Waals surface area contributed by atoms with E-state index in [1.807, 2.05) is 17.5 Å². The van der Waals surface area contributed by atoms with Crippen LogP contribution in [0.2, 0.25) is 0 Å². The molecule has 1 aromatic carbocycles. The second-order valence-electron chi connectivity index (χ2n) is 3.56. The molecule has 0 spiro atoms. The zero-order valence-electron chi connectivity index (χ0n) is 8.49. The lowest BCUT2D eigenvalue weighted by Gasteiger charge is -2.11. The molecule has 84 valence electrons. The van der Waals surface area contributed by atoms with Gasteiger partial charge in [-0.25, -0.2) is 8.78 Å². The van der Waals surface area contributed by atoms with Crippen molar-refractivity contribution in [3.8, 4) is 0 Å². The third kappa shape index (κ3) is 2.46. The van der Waals surface area contributed by atoms with Crippen LogP contribution >= 0.6 is 11.3 Å². The standard InChI is InChI=1S/C12H11F2NS/c13-8-3-4-10(11(14)6-8)12(15)7-9-2-1-5-16-9/h1-6,12H,7,15H2. The predicted octanol–water partition coefficient (Wildman–Crippen LogP) is 3.27. The highest BCUT2D eigenvalue weighted by atomic mass is 32.1. The maximum Gasteiger partial charge on any atom is 0.130 e. The lowest BCUT2D eigenvalue weighted by molar-refractivity contribution is 0.555. The van der Waals surface area contributed by atoms with Gasteiger partial charge in [0.05, 0.1) is 0 Å². The lowest BCUT2D eigenvalue weighted by atomic mass is 10.0. The van der Waals surface area contributed by atoms with Gasteiger partial charge in [0.1, 0.15) is 11.6 Å². The van der Waals surface area contributed by atoms with Gasteiger partial charge < -0.3 is 5.73 Å². The summed E-state index contributed by atoms with van der Waals surface area (Å²) in [4.78, 5) is 1.09. The molecule has 0 fully saturated rings. The third-order valence-corrected chi connectivity index (χ3v) is 3.26. The average molecular weight is 239 g/mol. The van der Waals surface area contributed by atoms with Crippen molar-refractivity contribution in [3.63, 3.8) is 0 Å². The normalized spacial score (nSPS) is 12.7. The number of halogens is 2. The molecular weight excluding hydrogens is 228 g/mol. The smallest absolute Gasteiger partial charge is 0.130 e. The summed E-state index contributed by atoms with van der Waals surface area (Å²) in [7, 11) is 0. The number of rotatable bonds is 3. The van der Waals surface area contributed by atoms with Crippen molar-refractivity contribution >= 4 is 11.3 Å². The molecule has 1 nitrogen and oxygen atoms in total. The number of benzene rings is 1. The van der Waals surface area contributed by atoms with Crippen molar-refractivity contribution in [2.75, 3.05) is 0 Å². The highest BCUT2D eigenvalue weighted by Crippen LogP contribution is 2.22. The van der Waals surface area contributed by atoms with E-state index in [0.717, 1.165) is 10.9 Å². The Morgan fingerprint density at radius 3 is 2.69 bits per heavy atom. The van der Waals surface area contributed by atoms with Crippen LogP contribution in [0.15, 0.2) is 35.7 Å². The van der Waals surface area contributed by atoms with Gasteiger partial charge in [0.15, 0.2) is 0 Å². The van der Waals surface area contributed by atoms with E-state index >= 15 is 0 Å². The van der Waals surface area contributed by atoms with Crippen LogP contribution in [0.5, 0.6) is 0 Å². The predicted molar refractivity (Wildman–Crippen MR) is 61.3 cm³/mol. The van der Waals surface area contributed by atoms with E-state index in [1.54, 1.807) is 11.3 Å². The van der Waals surface area contributed by atoms with Crippen LogP contribution in [0.1, 0.15) is 16.5 Å². The third-order valence-electron chi connectivity index (χ3n) is 2.36. The Morgan fingerprint density at radius 2 is 2.06 bits per heavy atom. The summed E-state index contributed by atoms with van der Waals surface area (Å²) in [6, 6.07) is 6.94. The average Bonchev–Trinajstić information content (AvgIpc) is 2.70. The monoisotopic (exact) mass is 239 g/mol. The van der Waals surface area contributed by atoms with Crippen molar-refractivity contribution in [1.82, 2.24) is 0 Å². The van der Waals surface area contributed by atoms with Crippen molar-refractivity contribution < 1.29 is 8.78 Å². The Bertz CT molecular complexity index is 468. The van der Waals surface area contributed by atoms with Crippen LogP contribution in [0.25, 0.3) is 0 Å². The molecule has 1 heterocycles. The fraction of sp³-hybridized carbons (Fsp3) is 0.167. The van der Waals surface area contributed by atoms with Crippen LogP contribution in [0, 0.1) is 11.6 Å². The first-order chi connectivity index (χ1) is 7.66. The molecule has 1 aromatic heterocycles. The van der Waals surface area contributed by atoms with E-state index in [-0.39, 0.29) is 0 Å². The van der Waals surface area contributed by atoms with E-state index in [2.05, 4.69) is 0 Å². The fourth-order valence-electron chi connectivity index (χ4n) is 1.56. The number of thiophene rings is 1.